The number of benzene rings is 2. The van der Waals surface area contributed by atoms with Crippen LogP contribution >= 0.6 is 11.6 Å². The SMILES string of the molecule is O=C(NCCNC(=O)C1CCN(Cc2ccc(Cl)cc2)CC1)c1cccc(OC(F)(F)F)c1. The fraction of sp³-hybridized carbons (Fsp3) is 0.391. The van der Waals surface area contributed by atoms with Crippen LogP contribution < -0.4 is 15.4 Å². The maximum absolute atomic E-state index is 12.4. The van der Waals surface area contributed by atoms with Gasteiger partial charge in [-0.1, -0.05) is 29.8 Å². The number of hydrogen-bond acceptors (Lipinski definition) is 4. The molecule has 3 rings (SSSR count). The Morgan fingerprint density at radius 1 is 1.03 bits per heavy atom. The second-order valence-corrected chi connectivity index (χ2v) is 8.24. The molecule has 178 valence electrons. The zero-order valence-corrected chi connectivity index (χ0v) is 18.6. The van der Waals surface area contributed by atoms with Gasteiger partial charge in [0.2, 0.25) is 5.91 Å². The molecule has 2 N–H and O–H groups in total. The number of ether oxygens (including phenoxy) is 1. The summed E-state index contributed by atoms with van der Waals surface area (Å²) in [7, 11) is 0. The Kier molecular flexibility index (Phi) is 8.57. The van der Waals surface area contributed by atoms with E-state index in [4.69, 9.17) is 11.6 Å². The predicted octanol–water partition coefficient (Wildman–Crippen LogP) is 4.00. The molecule has 0 radical (unpaired) electrons. The van der Waals surface area contributed by atoms with Crippen LogP contribution in [0.5, 0.6) is 5.75 Å². The van der Waals surface area contributed by atoms with Gasteiger partial charge in [0.15, 0.2) is 0 Å². The van der Waals surface area contributed by atoms with Crippen LogP contribution in [0.1, 0.15) is 28.8 Å². The highest BCUT2D eigenvalue weighted by Crippen LogP contribution is 2.23. The second kappa shape index (κ2) is 11.4. The van der Waals surface area contributed by atoms with Crippen LogP contribution in [0.15, 0.2) is 48.5 Å². The molecule has 0 atom stereocenters. The highest BCUT2D eigenvalue weighted by Gasteiger charge is 2.31. The summed E-state index contributed by atoms with van der Waals surface area (Å²) < 4.78 is 40.8. The van der Waals surface area contributed by atoms with Gasteiger partial charge in [0.25, 0.3) is 5.91 Å². The van der Waals surface area contributed by atoms with Crippen LogP contribution in [0.25, 0.3) is 0 Å². The third kappa shape index (κ3) is 8.25. The lowest BCUT2D eigenvalue weighted by molar-refractivity contribution is -0.274. The summed E-state index contributed by atoms with van der Waals surface area (Å²) in [4.78, 5) is 26.8. The van der Waals surface area contributed by atoms with Gasteiger partial charge in [0, 0.05) is 36.1 Å². The quantitative estimate of drug-likeness (QED) is 0.557. The molecule has 0 spiro atoms. The normalized spacial score (nSPS) is 15.2. The van der Waals surface area contributed by atoms with Crippen LogP contribution in [0, 0.1) is 5.92 Å². The van der Waals surface area contributed by atoms with E-state index in [2.05, 4.69) is 20.3 Å². The topological polar surface area (TPSA) is 70.7 Å². The summed E-state index contributed by atoms with van der Waals surface area (Å²) in [5.41, 5.74) is 1.21. The summed E-state index contributed by atoms with van der Waals surface area (Å²) in [6, 6.07) is 12.5. The van der Waals surface area contributed by atoms with Crippen LogP contribution in [-0.2, 0) is 11.3 Å². The van der Waals surface area contributed by atoms with Crippen LogP contribution in [-0.4, -0.2) is 49.3 Å². The van der Waals surface area contributed by atoms with Gasteiger partial charge in [0.1, 0.15) is 5.75 Å². The molecule has 1 aliphatic heterocycles. The van der Waals surface area contributed by atoms with Crippen molar-refractivity contribution in [2.75, 3.05) is 26.2 Å². The number of amides is 2. The predicted molar refractivity (Wildman–Crippen MR) is 118 cm³/mol. The zero-order valence-electron chi connectivity index (χ0n) is 17.8. The fourth-order valence-electron chi connectivity index (χ4n) is 3.64. The Hall–Kier alpha value is -2.78. The molecule has 6 nitrogen and oxygen atoms in total. The van der Waals surface area contributed by atoms with Crippen molar-refractivity contribution >= 4 is 23.4 Å². The maximum atomic E-state index is 12.4. The minimum atomic E-state index is -4.83. The number of piperidine rings is 1. The van der Waals surface area contributed by atoms with Crippen molar-refractivity contribution in [2.24, 2.45) is 5.92 Å². The van der Waals surface area contributed by atoms with Gasteiger partial charge in [-0.15, -0.1) is 13.2 Å². The van der Waals surface area contributed by atoms with Crippen molar-refractivity contribution in [2.45, 2.75) is 25.7 Å². The first kappa shape index (κ1) is 24.9. The first-order chi connectivity index (χ1) is 15.7. The largest absolute Gasteiger partial charge is 0.573 e. The van der Waals surface area contributed by atoms with E-state index in [1.54, 1.807) is 0 Å². The molecule has 0 saturated carbocycles. The molecule has 10 heteroatoms. The number of rotatable bonds is 8. The molecule has 1 aliphatic rings. The molecule has 1 saturated heterocycles. The van der Waals surface area contributed by atoms with Crippen LogP contribution in [0.3, 0.4) is 0 Å². The second-order valence-electron chi connectivity index (χ2n) is 7.80. The van der Waals surface area contributed by atoms with Gasteiger partial charge in [-0.3, -0.25) is 14.5 Å². The van der Waals surface area contributed by atoms with Gasteiger partial charge >= 0.3 is 6.36 Å². The van der Waals surface area contributed by atoms with Gasteiger partial charge < -0.3 is 15.4 Å². The molecular weight excluding hydrogens is 459 g/mol. The van der Waals surface area contributed by atoms with E-state index >= 15 is 0 Å². The summed E-state index contributed by atoms with van der Waals surface area (Å²) in [5, 5.41) is 6.09. The highest BCUT2D eigenvalue weighted by molar-refractivity contribution is 6.30. The molecule has 2 aromatic carbocycles. The van der Waals surface area contributed by atoms with Gasteiger partial charge in [-0.05, 0) is 61.8 Å². The minimum absolute atomic E-state index is 0.0381. The zero-order chi connectivity index (χ0) is 23.8. The number of likely N-dealkylation sites (tertiary alicyclic amines) is 1. The highest BCUT2D eigenvalue weighted by atomic mass is 35.5. The van der Waals surface area contributed by atoms with E-state index in [0.717, 1.165) is 44.6 Å². The molecule has 0 bridgehead atoms. The fourth-order valence-corrected chi connectivity index (χ4v) is 3.77. The molecular formula is C23H25ClF3N3O3. The molecule has 1 heterocycles. The minimum Gasteiger partial charge on any atom is -0.406 e. The Labute approximate surface area is 195 Å². The standard InChI is InChI=1S/C23H25ClF3N3O3/c24-19-6-4-16(5-7-19)15-30-12-8-17(9-13-30)21(31)28-10-11-29-22(32)18-2-1-3-20(14-18)33-23(25,26)27/h1-7,14,17H,8-13,15H2,(H,28,31)(H,29,32). The Morgan fingerprint density at radius 2 is 1.70 bits per heavy atom. The van der Waals surface area contributed by atoms with Crippen molar-refractivity contribution in [1.82, 2.24) is 15.5 Å². The summed E-state index contributed by atoms with van der Waals surface area (Å²) >= 11 is 5.91. The van der Waals surface area contributed by atoms with Gasteiger partial charge in [-0.25, -0.2) is 0 Å². The average Bonchev–Trinajstić information content (AvgIpc) is 2.77. The monoisotopic (exact) mass is 483 g/mol. The maximum Gasteiger partial charge on any atom is 0.573 e. The molecule has 2 aromatic rings. The number of alkyl halides is 3. The Bertz CT molecular complexity index is 946. The third-order valence-corrected chi connectivity index (χ3v) is 5.57. The van der Waals surface area contributed by atoms with E-state index in [9.17, 15) is 22.8 Å². The third-order valence-electron chi connectivity index (χ3n) is 5.32. The average molecular weight is 484 g/mol. The molecule has 2 amide bonds. The summed E-state index contributed by atoms with van der Waals surface area (Å²) in [6.45, 7) is 2.83. The lowest BCUT2D eigenvalue weighted by Gasteiger charge is -2.31. The van der Waals surface area contributed by atoms with E-state index in [1.807, 2.05) is 24.3 Å². The first-order valence-electron chi connectivity index (χ1n) is 10.6. The smallest absolute Gasteiger partial charge is 0.406 e. The van der Waals surface area contributed by atoms with Crippen molar-refractivity contribution in [3.8, 4) is 5.75 Å². The van der Waals surface area contributed by atoms with Crippen molar-refractivity contribution in [3.05, 3.63) is 64.7 Å². The number of carbonyl (C=O) groups excluding carboxylic acids is 2. The lowest BCUT2D eigenvalue weighted by atomic mass is 9.95. The van der Waals surface area contributed by atoms with Crippen molar-refractivity contribution in [1.29, 1.82) is 0 Å². The Balaban J connectivity index is 1.35. The molecule has 0 aromatic heterocycles. The van der Waals surface area contributed by atoms with Crippen LogP contribution in [0.4, 0.5) is 13.2 Å². The summed E-state index contributed by atoms with van der Waals surface area (Å²) in [6.07, 6.45) is -3.33. The molecule has 1 fully saturated rings. The number of nitrogens with zero attached hydrogens (tertiary/aromatic N) is 1. The van der Waals surface area contributed by atoms with Crippen LogP contribution in [0.2, 0.25) is 5.02 Å². The number of hydrogen-bond donors (Lipinski definition) is 2. The van der Waals surface area contributed by atoms with E-state index in [-0.39, 0.29) is 30.5 Å². The Morgan fingerprint density at radius 3 is 2.36 bits per heavy atom. The summed E-state index contributed by atoms with van der Waals surface area (Å²) in [5.74, 6) is -1.16. The molecule has 0 unspecified atom stereocenters. The van der Waals surface area contributed by atoms with Crippen molar-refractivity contribution in [3.63, 3.8) is 0 Å². The van der Waals surface area contributed by atoms with Gasteiger partial charge in [0.05, 0.1) is 0 Å². The van der Waals surface area contributed by atoms with Crippen molar-refractivity contribution < 1.29 is 27.5 Å². The van der Waals surface area contributed by atoms with E-state index < -0.39 is 18.0 Å². The molecule has 33 heavy (non-hydrogen) atoms. The first-order valence-corrected chi connectivity index (χ1v) is 11.0. The number of halogens is 4. The number of nitrogens with one attached hydrogen (secondary N) is 2. The van der Waals surface area contributed by atoms with E-state index in [1.165, 1.54) is 17.7 Å². The molecule has 0 aliphatic carbocycles. The van der Waals surface area contributed by atoms with Gasteiger partial charge in [-0.2, -0.15) is 0 Å². The lowest BCUT2D eigenvalue weighted by Crippen LogP contribution is -2.42. The number of carbonyl (C=O) groups is 2. The van der Waals surface area contributed by atoms with E-state index in [0.29, 0.717) is 5.02 Å².